The van der Waals surface area contributed by atoms with Crippen LogP contribution >= 0.6 is 11.8 Å². The minimum Gasteiger partial charge on any atom is -0.355 e. The van der Waals surface area contributed by atoms with Crippen molar-refractivity contribution in [3.05, 3.63) is 48.3 Å². The van der Waals surface area contributed by atoms with Gasteiger partial charge >= 0.3 is 0 Å². The minimum atomic E-state index is 0.722. The first-order valence-corrected chi connectivity index (χ1v) is 15.7. The van der Waals surface area contributed by atoms with Crippen molar-refractivity contribution in [2.24, 2.45) is 4.99 Å². The van der Waals surface area contributed by atoms with E-state index in [1.165, 1.54) is 55.1 Å². The Morgan fingerprint density at radius 1 is 1.08 bits per heavy atom. The van der Waals surface area contributed by atoms with Crippen LogP contribution in [0.4, 0.5) is 17.1 Å². The first-order valence-electron chi connectivity index (χ1n) is 14.7. The van der Waals surface area contributed by atoms with E-state index in [4.69, 9.17) is 0 Å². The van der Waals surface area contributed by atoms with Crippen LogP contribution in [0, 0.1) is 0 Å². The number of rotatable bonds is 10. The second kappa shape index (κ2) is 14.7. The van der Waals surface area contributed by atoms with Gasteiger partial charge in [-0.15, -0.1) is 11.8 Å². The molecular formula is C32H46N6S. The predicted octanol–water partition coefficient (Wildman–Crippen LogP) is 8.13. The van der Waals surface area contributed by atoms with Gasteiger partial charge in [-0.25, -0.2) is 4.98 Å². The molecule has 0 spiro atoms. The number of benzene rings is 1. The molecule has 3 aromatic rings. The van der Waals surface area contributed by atoms with E-state index in [9.17, 15) is 0 Å². The van der Waals surface area contributed by atoms with Crippen LogP contribution in [0.5, 0.6) is 0 Å². The monoisotopic (exact) mass is 546 g/mol. The Kier molecular flexibility index (Phi) is 11.1. The quantitative estimate of drug-likeness (QED) is 0.269. The molecule has 39 heavy (non-hydrogen) atoms. The Balaban J connectivity index is 0.000000303. The van der Waals surface area contributed by atoms with Crippen molar-refractivity contribution >= 4 is 51.6 Å². The molecule has 0 atom stereocenters. The third kappa shape index (κ3) is 7.96. The predicted molar refractivity (Wildman–Crippen MR) is 171 cm³/mol. The van der Waals surface area contributed by atoms with E-state index in [-0.39, 0.29) is 0 Å². The fourth-order valence-corrected chi connectivity index (χ4v) is 6.03. The van der Waals surface area contributed by atoms with Crippen LogP contribution in [0.3, 0.4) is 0 Å². The van der Waals surface area contributed by atoms with Gasteiger partial charge in [-0.05, 0) is 95.1 Å². The normalized spacial score (nSPS) is 15.3. The number of nitrogens with one attached hydrogen (secondary N) is 2. The number of H-pyrrole nitrogens is 1. The number of aliphatic imine (C=N–C) groups is 1. The van der Waals surface area contributed by atoms with E-state index >= 15 is 0 Å². The van der Waals surface area contributed by atoms with Gasteiger partial charge in [-0.1, -0.05) is 26.8 Å². The molecule has 210 valence electrons. The summed E-state index contributed by atoms with van der Waals surface area (Å²) in [5.41, 5.74) is 6.72. The lowest BCUT2D eigenvalue weighted by Crippen LogP contribution is -2.32. The molecule has 0 radical (unpaired) electrons. The molecule has 0 amide bonds. The van der Waals surface area contributed by atoms with Gasteiger partial charge in [0.2, 0.25) is 0 Å². The zero-order chi connectivity index (χ0) is 27.6. The van der Waals surface area contributed by atoms with Gasteiger partial charge in [0.15, 0.2) is 0 Å². The van der Waals surface area contributed by atoms with E-state index in [0.717, 1.165) is 59.4 Å². The first kappa shape index (κ1) is 29.4. The van der Waals surface area contributed by atoms with Gasteiger partial charge in [0, 0.05) is 59.0 Å². The van der Waals surface area contributed by atoms with Crippen molar-refractivity contribution in [3.63, 3.8) is 0 Å². The van der Waals surface area contributed by atoms with Crippen LogP contribution in [0.15, 0.2) is 52.5 Å². The number of aromatic amines is 1. The SMILES string of the molecule is CCCN(CCC)C(C)C.CCCN1CC=C(c2cc3c(Nc4ccc5c(c4)SCC=N5)ccnc3[nH]2)CC1. The standard InChI is InChI=1S/C23H25N5S.C9H21N/c1-2-10-28-11-6-16(7-12-28)21-15-18-19(5-8-25-23(18)27-21)26-17-3-4-20-22(14-17)29-13-9-24-20;1-5-7-10(8-6-2)9(3)4/h3-6,8-9,14-15H,2,7,10-13H2,1H3,(H2,25,26,27);9H,5-8H2,1-4H3. The van der Waals surface area contributed by atoms with Crippen LogP contribution < -0.4 is 5.32 Å². The van der Waals surface area contributed by atoms with Crippen LogP contribution in [-0.4, -0.2) is 70.5 Å². The lowest BCUT2D eigenvalue weighted by atomic mass is 10.0. The zero-order valence-corrected chi connectivity index (χ0v) is 25.3. The Labute approximate surface area is 239 Å². The average Bonchev–Trinajstić information content (AvgIpc) is 3.39. The fraction of sp³-hybridized carbons (Fsp3) is 0.500. The summed E-state index contributed by atoms with van der Waals surface area (Å²) in [6.45, 7) is 17.1. The molecule has 6 nitrogen and oxygen atoms in total. The summed E-state index contributed by atoms with van der Waals surface area (Å²) in [7, 11) is 0. The Hall–Kier alpha value is -2.61. The third-order valence-corrected chi connectivity index (χ3v) is 8.20. The van der Waals surface area contributed by atoms with Gasteiger partial charge < -0.3 is 15.2 Å². The number of fused-ring (bicyclic) bond motifs is 2. The number of hydrogen-bond acceptors (Lipinski definition) is 6. The second-order valence-corrected chi connectivity index (χ2v) is 11.7. The summed E-state index contributed by atoms with van der Waals surface area (Å²) in [5.74, 6) is 0.932. The third-order valence-electron chi connectivity index (χ3n) is 7.25. The maximum atomic E-state index is 4.56. The van der Waals surface area contributed by atoms with Crippen molar-refractivity contribution in [2.45, 2.75) is 71.2 Å². The maximum absolute atomic E-state index is 4.56. The average molecular weight is 547 g/mol. The van der Waals surface area contributed by atoms with Crippen molar-refractivity contribution in [3.8, 4) is 0 Å². The highest BCUT2D eigenvalue weighted by Gasteiger charge is 2.16. The summed E-state index contributed by atoms with van der Waals surface area (Å²) in [6.07, 6.45) is 11.0. The largest absolute Gasteiger partial charge is 0.355 e. The molecule has 4 heterocycles. The van der Waals surface area contributed by atoms with Crippen molar-refractivity contribution < 1.29 is 0 Å². The second-order valence-electron chi connectivity index (χ2n) is 10.6. The molecule has 0 aliphatic carbocycles. The highest BCUT2D eigenvalue weighted by molar-refractivity contribution is 8.00. The number of aromatic nitrogens is 2. The van der Waals surface area contributed by atoms with Gasteiger partial charge in [0.25, 0.3) is 0 Å². The van der Waals surface area contributed by atoms with E-state index in [1.807, 2.05) is 30.2 Å². The zero-order valence-electron chi connectivity index (χ0n) is 24.5. The maximum Gasteiger partial charge on any atom is 0.139 e. The molecule has 0 saturated carbocycles. The van der Waals surface area contributed by atoms with Gasteiger partial charge in [-0.3, -0.25) is 9.89 Å². The number of hydrogen-bond donors (Lipinski definition) is 2. The highest BCUT2D eigenvalue weighted by Crippen LogP contribution is 2.36. The van der Waals surface area contributed by atoms with Crippen molar-refractivity contribution in [2.75, 3.05) is 43.8 Å². The van der Waals surface area contributed by atoms with E-state index in [0.29, 0.717) is 0 Å². The lowest BCUT2D eigenvalue weighted by molar-refractivity contribution is 0.222. The van der Waals surface area contributed by atoms with Crippen LogP contribution in [-0.2, 0) is 0 Å². The first-order chi connectivity index (χ1) is 19.0. The van der Waals surface area contributed by atoms with Crippen molar-refractivity contribution in [1.29, 1.82) is 0 Å². The summed E-state index contributed by atoms with van der Waals surface area (Å²) < 4.78 is 0. The molecule has 0 unspecified atom stereocenters. The van der Waals surface area contributed by atoms with Gasteiger partial charge in [0.05, 0.1) is 11.4 Å². The smallest absolute Gasteiger partial charge is 0.139 e. The van der Waals surface area contributed by atoms with Gasteiger partial charge in [-0.2, -0.15) is 0 Å². The van der Waals surface area contributed by atoms with Crippen molar-refractivity contribution in [1.82, 2.24) is 19.8 Å². The number of pyridine rings is 1. The minimum absolute atomic E-state index is 0.722. The summed E-state index contributed by atoms with van der Waals surface area (Å²) >= 11 is 1.82. The van der Waals surface area contributed by atoms with E-state index < -0.39 is 0 Å². The summed E-state index contributed by atoms with van der Waals surface area (Å²) in [6, 6.07) is 11.4. The van der Waals surface area contributed by atoms with Gasteiger partial charge in [0.1, 0.15) is 5.65 Å². The molecule has 7 heteroatoms. The van der Waals surface area contributed by atoms with Crippen LogP contribution in [0.2, 0.25) is 0 Å². The molecule has 2 N–H and O–H groups in total. The van der Waals surface area contributed by atoms with E-state index in [2.05, 4.69) is 95.0 Å². The summed E-state index contributed by atoms with van der Waals surface area (Å²) in [4.78, 5) is 18.8. The van der Waals surface area contributed by atoms with Crippen LogP contribution in [0.25, 0.3) is 16.6 Å². The molecule has 1 aromatic carbocycles. The molecule has 2 aliphatic heterocycles. The fourth-order valence-electron chi connectivity index (χ4n) is 5.22. The number of thioether (sulfide) groups is 1. The number of anilines is 2. The molecular weight excluding hydrogens is 500 g/mol. The molecule has 0 bridgehead atoms. The number of nitrogens with zero attached hydrogens (tertiary/aromatic N) is 4. The van der Waals surface area contributed by atoms with E-state index in [1.54, 1.807) is 0 Å². The molecule has 2 aromatic heterocycles. The summed E-state index contributed by atoms with van der Waals surface area (Å²) in [5, 5.41) is 4.71. The lowest BCUT2D eigenvalue weighted by Gasteiger charge is -2.25. The highest BCUT2D eigenvalue weighted by atomic mass is 32.2. The molecule has 2 aliphatic rings. The molecule has 0 saturated heterocycles. The molecule has 5 rings (SSSR count). The Morgan fingerprint density at radius 3 is 2.59 bits per heavy atom. The topological polar surface area (TPSA) is 59.5 Å². The Morgan fingerprint density at radius 2 is 1.90 bits per heavy atom. The molecule has 0 fully saturated rings. The Bertz CT molecular complexity index is 1250. The van der Waals surface area contributed by atoms with Crippen LogP contribution in [0.1, 0.15) is 66.0 Å².